The average Bonchev–Trinajstić information content (AvgIpc) is 2.84. The highest BCUT2D eigenvalue weighted by Crippen LogP contribution is 2.08. The van der Waals surface area contributed by atoms with Crippen LogP contribution in [0.5, 0.6) is 0 Å². The van der Waals surface area contributed by atoms with Crippen LogP contribution in [0.25, 0.3) is 0 Å². The predicted molar refractivity (Wildman–Crippen MR) is 64.2 cm³/mol. The molecule has 17 heavy (non-hydrogen) atoms. The monoisotopic (exact) mass is 227 g/mol. The Morgan fingerprint density at radius 1 is 1.35 bits per heavy atom. The highest BCUT2D eigenvalue weighted by molar-refractivity contribution is 5.35. The van der Waals surface area contributed by atoms with E-state index < -0.39 is 0 Å². The average molecular weight is 227 g/mol. The van der Waals surface area contributed by atoms with Crippen molar-refractivity contribution in [2.24, 2.45) is 0 Å². The molecule has 0 bridgehead atoms. The lowest BCUT2D eigenvalue weighted by Gasteiger charge is -2.06. The molecule has 0 saturated carbocycles. The summed E-state index contributed by atoms with van der Waals surface area (Å²) in [6, 6.07) is 9.59. The predicted octanol–water partition coefficient (Wildman–Crippen LogP) is 1.78. The molecule has 2 rings (SSSR count). The Morgan fingerprint density at radius 2 is 2.12 bits per heavy atom. The molecule has 0 aliphatic carbocycles. The molecule has 1 aromatic carbocycles. The zero-order chi connectivity index (χ0) is 12.1. The van der Waals surface area contributed by atoms with Crippen molar-refractivity contribution < 1.29 is 0 Å². The number of anilines is 1. The van der Waals surface area contributed by atoms with Crippen molar-refractivity contribution in [2.45, 2.75) is 20.0 Å². The van der Waals surface area contributed by atoms with Gasteiger partial charge in [-0.3, -0.25) is 0 Å². The van der Waals surface area contributed by atoms with Gasteiger partial charge < -0.3 is 5.32 Å². The second-order valence-corrected chi connectivity index (χ2v) is 3.60. The van der Waals surface area contributed by atoms with Crippen LogP contribution in [0.2, 0.25) is 0 Å². The van der Waals surface area contributed by atoms with Gasteiger partial charge in [0, 0.05) is 13.1 Å². The van der Waals surface area contributed by atoms with Crippen molar-refractivity contribution >= 4 is 5.82 Å². The molecule has 0 saturated heterocycles. The van der Waals surface area contributed by atoms with E-state index in [0.29, 0.717) is 12.1 Å². The number of nitrogens with one attached hydrogen (secondary N) is 1. The van der Waals surface area contributed by atoms with Gasteiger partial charge in [-0.2, -0.15) is 5.26 Å². The molecular formula is C12H13N5. The fourth-order valence-electron chi connectivity index (χ4n) is 1.52. The maximum absolute atomic E-state index is 8.69. The SMILES string of the molecule is CCn1nncc1NCc1ccc(C#N)cc1. The van der Waals surface area contributed by atoms with Crippen LogP contribution in [-0.4, -0.2) is 15.0 Å². The molecule has 0 aliphatic rings. The summed E-state index contributed by atoms with van der Waals surface area (Å²) in [6.45, 7) is 3.50. The third-order valence-corrected chi connectivity index (χ3v) is 2.47. The number of nitrogens with zero attached hydrogens (tertiary/aromatic N) is 4. The van der Waals surface area contributed by atoms with Crippen LogP contribution < -0.4 is 5.32 Å². The summed E-state index contributed by atoms with van der Waals surface area (Å²) in [4.78, 5) is 0. The zero-order valence-electron chi connectivity index (χ0n) is 9.59. The van der Waals surface area contributed by atoms with Gasteiger partial charge >= 0.3 is 0 Å². The van der Waals surface area contributed by atoms with Crippen LogP contribution in [0, 0.1) is 11.3 Å². The van der Waals surface area contributed by atoms with Crippen LogP contribution in [0.4, 0.5) is 5.82 Å². The van der Waals surface area contributed by atoms with Crippen molar-refractivity contribution in [2.75, 3.05) is 5.32 Å². The maximum atomic E-state index is 8.69. The Morgan fingerprint density at radius 3 is 2.76 bits per heavy atom. The lowest BCUT2D eigenvalue weighted by Crippen LogP contribution is -2.06. The lowest BCUT2D eigenvalue weighted by molar-refractivity contribution is 0.630. The Labute approximate surface area is 99.7 Å². The third kappa shape index (κ3) is 2.61. The van der Waals surface area contributed by atoms with Crippen LogP contribution in [-0.2, 0) is 13.1 Å². The third-order valence-electron chi connectivity index (χ3n) is 2.47. The van der Waals surface area contributed by atoms with Crippen molar-refractivity contribution in [3.63, 3.8) is 0 Å². The fourth-order valence-corrected chi connectivity index (χ4v) is 1.52. The summed E-state index contributed by atoms with van der Waals surface area (Å²) >= 11 is 0. The van der Waals surface area contributed by atoms with Crippen LogP contribution in [0.15, 0.2) is 30.5 Å². The van der Waals surface area contributed by atoms with E-state index in [4.69, 9.17) is 5.26 Å². The molecule has 1 aromatic heterocycles. The molecule has 5 nitrogen and oxygen atoms in total. The molecule has 86 valence electrons. The molecular weight excluding hydrogens is 214 g/mol. The molecule has 1 heterocycles. The minimum atomic E-state index is 0.675. The van der Waals surface area contributed by atoms with Gasteiger partial charge in [-0.15, -0.1) is 5.10 Å². The first-order valence-electron chi connectivity index (χ1n) is 5.45. The highest BCUT2D eigenvalue weighted by Gasteiger charge is 2.01. The van der Waals surface area contributed by atoms with E-state index in [1.165, 1.54) is 0 Å². The normalized spacial score (nSPS) is 9.88. The van der Waals surface area contributed by atoms with Gasteiger partial charge in [-0.1, -0.05) is 17.3 Å². The number of aryl methyl sites for hydroxylation is 1. The second kappa shape index (κ2) is 5.12. The van der Waals surface area contributed by atoms with Crippen LogP contribution in [0.3, 0.4) is 0 Å². The molecule has 0 spiro atoms. The largest absolute Gasteiger partial charge is 0.365 e. The van der Waals surface area contributed by atoms with Crippen LogP contribution >= 0.6 is 0 Å². The second-order valence-electron chi connectivity index (χ2n) is 3.60. The minimum Gasteiger partial charge on any atom is -0.365 e. The Bertz CT molecular complexity index is 521. The van der Waals surface area contributed by atoms with Crippen LogP contribution in [0.1, 0.15) is 18.1 Å². The summed E-state index contributed by atoms with van der Waals surface area (Å²) in [5.74, 6) is 0.900. The number of nitriles is 1. The van der Waals surface area contributed by atoms with Gasteiger partial charge in [0.25, 0.3) is 0 Å². The smallest absolute Gasteiger partial charge is 0.145 e. The molecule has 0 fully saturated rings. The van der Waals surface area contributed by atoms with E-state index in [1.54, 1.807) is 10.9 Å². The quantitative estimate of drug-likeness (QED) is 0.864. The minimum absolute atomic E-state index is 0.675. The highest BCUT2D eigenvalue weighted by atomic mass is 15.4. The van der Waals surface area contributed by atoms with Gasteiger partial charge in [0.1, 0.15) is 5.82 Å². The van der Waals surface area contributed by atoms with Gasteiger partial charge in [0.05, 0.1) is 17.8 Å². The number of hydrogen-bond donors (Lipinski definition) is 1. The molecule has 1 N–H and O–H groups in total. The standard InChI is InChI=1S/C12H13N5/c1-2-17-12(9-15-16-17)14-8-11-5-3-10(7-13)4-6-11/h3-6,9,14H,2,8H2,1H3. The number of aromatic nitrogens is 3. The summed E-state index contributed by atoms with van der Waals surface area (Å²) in [5.41, 5.74) is 1.79. The van der Waals surface area contributed by atoms with Crippen molar-refractivity contribution in [3.8, 4) is 6.07 Å². The summed E-state index contributed by atoms with van der Waals surface area (Å²) < 4.78 is 1.80. The summed E-state index contributed by atoms with van der Waals surface area (Å²) in [6.07, 6.45) is 1.70. The fraction of sp³-hybridized carbons (Fsp3) is 0.250. The van der Waals surface area contributed by atoms with E-state index >= 15 is 0 Å². The maximum Gasteiger partial charge on any atom is 0.145 e. The number of rotatable bonds is 4. The van der Waals surface area contributed by atoms with E-state index in [0.717, 1.165) is 17.9 Å². The van der Waals surface area contributed by atoms with Crippen molar-refractivity contribution in [1.29, 1.82) is 5.26 Å². The molecule has 2 aromatic rings. The molecule has 0 atom stereocenters. The topological polar surface area (TPSA) is 66.5 Å². The van der Waals surface area contributed by atoms with E-state index in [9.17, 15) is 0 Å². The summed E-state index contributed by atoms with van der Waals surface area (Å²) in [7, 11) is 0. The lowest BCUT2D eigenvalue weighted by atomic mass is 10.1. The zero-order valence-corrected chi connectivity index (χ0v) is 9.59. The number of benzene rings is 1. The Hall–Kier alpha value is -2.35. The first kappa shape index (κ1) is 11.1. The molecule has 0 radical (unpaired) electrons. The Balaban J connectivity index is 2.00. The first-order valence-corrected chi connectivity index (χ1v) is 5.45. The molecule has 0 aliphatic heterocycles. The number of hydrogen-bond acceptors (Lipinski definition) is 4. The van der Waals surface area contributed by atoms with E-state index in [2.05, 4.69) is 21.7 Å². The van der Waals surface area contributed by atoms with Crippen molar-refractivity contribution in [1.82, 2.24) is 15.0 Å². The van der Waals surface area contributed by atoms with Gasteiger partial charge in [0.15, 0.2) is 0 Å². The van der Waals surface area contributed by atoms with Crippen molar-refractivity contribution in [3.05, 3.63) is 41.6 Å². The van der Waals surface area contributed by atoms with Gasteiger partial charge in [0.2, 0.25) is 0 Å². The molecule has 0 amide bonds. The molecule has 0 unspecified atom stereocenters. The van der Waals surface area contributed by atoms with Gasteiger partial charge in [-0.25, -0.2) is 4.68 Å². The van der Waals surface area contributed by atoms with E-state index in [-0.39, 0.29) is 0 Å². The first-order chi connectivity index (χ1) is 8.33. The summed E-state index contributed by atoms with van der Waals surface area (Å²) in [5, 5.41) is 19.7. The van der Waals surface area contributed by atoms with E-state index in [1.807, 2.05) is 31.2 Å². The Kier molecular flexibility index (Phi) is 3.36. The molecule has 5 heteroatoms. The van der Waals surface area contributed by atoms with Gasteiger partial charge in [-0.05, 0) is 24.6 Å².